The van der Waals surface area contributed by atoms with Crippen LogP contribution in [0.4, 0.5) is 0 Å². The van der Waals surface area contributed by atoms with Crippen LogP contribution >= 0.6 is 0 Å². The largest absolute Gasteiger partial charge is 0.497 e. The molecule has 0 bridgehead atoms. The summed E-state index contributed by atoms with van der Waals surface area (Å²) < 4.78 is 31.2. The zero-order valence-corrected chi connectivity index (χ0v) is 25.0. The van der Waals surface area contributed by atoms with Gasteiger partial charge in [0.1, 0.15) is 30.5 Å². The van der Waals surface area contributed by atoms with E-state index in [0.29, 0.717) is 40.4 Å². The highest BCUT2D eigenvalue weighted by atomic mass is 16.6. The number of benzene rings is 3. The predicted octanol–water partition coefficient (Wildman–Crippen LogP) is 4.42. The Morgan fingerprint density at radius 1 is 0.581 bits per heavy atom. The van der Waals surface area contributed by atoms with Crippen LogP contribution in [0, 0.1) is 5.41 Å². The molecule has 0 radical (unpaired) electrons. The molecular formula is C33H36O10. The molecule has 0 amide bonds. The van der Waals surface area contributed by atoms with Gasteiger partial charge in [0.15, 0.2) is 0 Å². The second-order valence-electron chi connectivity index (χ2n) is 10.5. The fraction of sp³-hybridized carbons (Fsp3) is 0.333. The maximum Gasteiger partial charge on any atom is 0.417 e. The number of methoxy groups -OCH3 is 3. The van der Waals surface area contributed by atoms with Crippen molar-refractivity contribution in [2.24, 2.45) is 5.41 Å². The van der Waals surface area contributed by atoms with Crippen molar-refractivity contribution < 1.29 is 47.6 Å². The lowest BCUT2D eigenvalue weighted by molar-refractivity contribution is -0.169. The number of ketones is 1. The molecule has 10 nitrogen and oxygen atoms in total. The lowest BCUT2D eigenvalue weighted by Crippen LogP contribution is -2.28. The molecule has 0 aliphatic rings. The summed E-state index contributed by atoms with van der Waals surface area (Å²) in [5.74, 6) is -1.94. The first-order valence-corrected chi connectivity index (χ1v) is 13.5. The molecule has 0 spiro atoms. The highest BCUT2D eigenvalue weighted by Gasteiger charge is 2.26. The highest BCUT2D eigenvalue weighted by molar-refractivity contribution is 6.34. The molecule has 3 aromatic rings. The molecule has 0 aromatic heterocycles. The number of rotatable bonds is 14. The molecule has 0 fully saturated rings. The van der Waals surface area contributed by atoms with Crippen LogP contribution < -0.4 is 14.2 Å². The summed E-state index contributed by atoms with van der Waals surface area (Å²) in [6.07, 6.45) is 0.302. The third-order valence-electron chi connectivity index (χ3n) is 6.48. The number of ether oxygens (including phenoxy) is 6. The van der Waals surface area contributed by atoms with Crippen LogP contribution in [0.15, 0.2) is 66.7 Å². The standard InChI is InChI=1S/C33H36O10/c1-33(2,21-43-30(35)29(34)16-22-6-11-26(38-3)12-7-22)18-25-17-28(40-5)15-10-24(25)20-42-32(37)31(36)41-19-23-8-13-27(39-4)14-9-23/h6-15,17H,16,18-21H2,1-5H3. The average Bonchev–Trinajstić information content (AvgIpc) is 3.02. The number of hydrogen-bond acceptors (Lipinski definition) is 10. The van der Waals surface area contributed by atoms with Crippen LogP contribution in [-0.4, -0.2) is 51.6 Å². The van der Waals surface area contributed by atoms with Crippen LogP contribution in [0.1, 0.15) is 36.1 Å². The quantitative estimate of drug-likeness (QED) is 0.151. The summed E-state index contributed by atoms with van der Waals surface area (Å²) in [6.45, 7) is 3.43. The van der Waals surface area contributed by atoms with Gasteiger partial charge in [-0.2, -0.15) is 0 Å². The Morgan fingerprint density at radius 3 is 1.65 bits per heavy atom. The Kier molecular flexibility index (Phi) is 11.7. The number of carbonyl (C=O) groups excluding carboxylic acids is 4. The molecule has 10 heteroatoms. The van der Waals surface area contributed by atoms with Gasteiger partial charge in [-0.15, -0.1) is 0 Å². The summed E-state index contributed by atoms with van der Waals surface area (Å²) in [5.41, 5.74) is 2.14. The van der Waals surface area contributed by atoms with Gasteiger partial charge in [-0.05, 0) is 65.1 Å². The Morgan fingerprint density at radius 2 is 1.09 bits per heavy atom. The third-order valence-corrected chi connectivity index (χ3v) is 6.48. The summed E-state index contributed by atoms with van der Waals surface area (Å²) >= 11 is 0. The van der Waals surface area contributed by atoms with Crippen molar-refractivity contribution in [3.05, 3.63) is 89.0 Å². The maximum atomic E-state index is 12.4. The third kappa shape index (κ3) is 10.2. The van der Waals surface area contributed by atoms with E-state index >= 15 is 0 Å². The second-order valence-corrected chi connectivity index (χ2v) is 10.5. The first kappa shape index (κ1) is 32.7. The number of esters is 3. The highest BCUT2D eigenvalue weighted by Crippen LogP contribution is 2.28. The van der Waals surface area contributed by atoms with E-state index in [1.165, 1.54) is 7.11 Å². The van der Waals surface area contributed by atoms with Gasteiger partial charge in [0.25, 0.3) is 0 Å². The molecular weight excluding hydrogens is 556 g/mol. The molecule has 0 heterocycles. The van der Waals surface area contributed by atoms with E-state index in [4.69, 9.17) is 28.4 Å². The molecule has 0 saturated carbocycles. The number of hydrogen-bond donors (Lipinski definition) is 0. The van der Waals surface area contributed by atoms with E-state index in [1.807, 2.05) is 13.8 Å². The van der Waals surface area contributed by atoms with Gasteiger partial charge in [0, 0.05) is 11.8 Å². The minimum Gasteiger partial charge on any atom is -0.497 e. The minimum absolute atomic E-state index is 0.0334. The zero-order valence-electron chi connectivity index (χ0n) is 25.0. The predicted molar refractivity (Wildman–Crippen MR) is 156 cm³/mol. The van der Waals surface area contributed by atoms with Crippen LogP contribution in [-0.2, 0) is 59.4 Å². The first-order valence-electron chi connectivity index (χ1n) is 13.5. The molecule has 3 aromatic carbocycles. The van der Waals surface area contributed by atoms with Gasteiger partial charge >= 0.3 is 17.9 Å². The van der Waals surface area contributed by atoms with Crippen molar-refractivity contribution in [2.45, 2.75) is 39.9 Å². The molecule has 3 rings (SSSR count). The van der Waals surface area contributed by atoms with Gasteiger partial charge < -0.3 is 28.4 Å². The van der Waals surface area contributed by atoms with Gasteiger partial charge in [-0.1, -0.05) is 44.2 Å². The van der Waals surface area contributed by atoms with Crippen molar-refractivity contribution in [2.75, 3.05) is 27.9 Å². The van der Waals surface area contributed by atoms with Crippen molar-refractivity contribution in [3.8, 4) is 17.2 Å². The fourth-order valence-electron chi connectivity index (χ4n) is 4.08. The fourth-order valence-corrected chi connectivity index (χ4v) is 4.08. The van der Waals surface area contributed by atoms with Crippen molar-refractivity contribution >= 4 is 23.7 Å². The molecule has 0 aliphatic heterocycles. The van der Waals surface area contributed by atoms with E-state index in [2.05, 4.69) is 0 Å². The van der Waals surface area contributed by atoms with Gasteiger partial charge in [-0.25, -0.2) is 14.4 Å². The van der Waals surface area contributed by atoms with E-state index in [-0.39, 0.29) is 26.2 Å². The maximum absolute atomic E-state index is 12.4. The van der Waals surface area contributed by atoms with E-state index < -0.39 is 29.1 Å². The normalized spacial score (nSPS) is 10.8. The molecule has 43 heavy (non-hydrogen) atoms. The summed E-state index contributed by atoms with van der Waals surface area (Å²) in [6, 6.07) is 18.9. The lowest BCUT2D eigenvalue weighted by atomic mass is 9.85. The molecule has 0 N–H and O–H groups in total. The summed E-state index contributed by atoms with van der Waals surface area (Å²) in [4.78, 5) is 49.4. The van der Waals surface area contributed by atoms with Crippen LogP contribution in [0.25, 0.3) is 0 Å². The van der Waals surface area contributed by atoms with Crippen LogP contribution in [0.2, 0.25) is 0 Å². The van der Waals surface area contributed by atoms with Gasteiger partial charge in [-0.3, -0.25) is 4.79 Å². The second kappa shape index (κ2) is 15.4. The number of carbonyl (C=O) groups is 4. The summed E-state index contributed by atoms with van der Waals surface area (Å²) in [5, 5.41) is 0. The smallest absolute Gasteiger partial charge is 0.417 e. The molecule has 0 aliphatic carbocycles. The molecule has 0 atom stereocenters. The van der Waals surface area contributed by atoms with Crippen LogP contribution in [0.5, 0.6) is 17.2 Å². The van der Waals surface area contributed by atoms with E-state index in [1.54, 1.807) is 80.9 Å². The van der Waals surface area contributed by atoms with E-state index in [0.717, 1.165) is 5.56 Å². The average molecular weight is 593 g/mol. The first-order chi connectivity index (χ1) is 20.5. The van der Waals surface area contributed by atoms with Crippen molar-refractivity contribution in [1.29, 1.82) is 0 Å². The Bertz CT molecular complexity index is 1410. The Balaban J connectivity index is 1.55. The van der Waals surface area contributed by atoms with E-state index in [9.17, 15) is 19.2 Å². The number of Topliss-reactive ketones (excluding diaryl/α,β-unsaturated/α-hetero) is 1. The summed E-state index contributed by atoms with van der Waals surface area (Å²) in [7, 11) is 4.62. The molecule has 0 saturated heterocycles. The molecule has 0 unspecified atom stereocenters. The SMILES string of the molecule is COc1ccc(COC(=O)C(=O)OCc2ccc(OC)cc2CC(C)(C)COC(=O)C(=O)Cc2ccc(OC)cc2)cc1. The van der Waals surface area contributed by atoms with Crippen molar-refractivity contribution in [1.82, 2.24) is 0 Å². The zero-order chi connectivity index (χ0) is 31.4. The Labute approximate surface area is 250 Å². The van der Waals surface area contributed by atoms with Gasteiger partial charge in [0.2, 0.25) is 5.78 Å². The minimum atomic E-state index is -1.13. The Hall–Kier alpha value is -4.86. The topological polar surface area (TPSA) is 124 Å². The molecule has 228 valence electrons. The lowest BCUT2D eigenvalue weighted by Gasteiger charge is -2.25. The monoisotopic (exact) mass is 592 g/mol. The van der Waals surface area contributed by atoms with Crippen LogP contribution in [0.3, 0.4) is 0 Å². The van der Waals surface area contributed by atoms with Gasteiger partial charge in [0.05, 0.1) is 27.9 Å². The van der Waals surface area contributed by atoms with Crippen molar-refractivity contribution in [3.63, 3.8) is 0 Å².